The number of nitrogens with one attached hydrogen (secondary N) is 1. The third-order valence-electron chi connectivity index (χ3n) is 2.01. The Morgan fingerprint density at radius 3 is 2.75 bits per heavy atom. The summed E-state index contributed by atoms with van der Waals surface area (Å²) in [6, 6.07) is 7.44. The Hall–Kier alpha value is -1.48. The zero-order valence-electron chi connectivity index (χ0n) is 9.24. The van der Waals surface area contributed by atoms with Crippen molar-refractivity contribution in [3.8, 4) is 5.75 Å². The number of hydrogen-bond acceptors (Lipinski definition) is 2. The topological polar surface area (TPSA) is 38.3 Å². The predicted octanol–water partition coefficient (Wildman–Crippen LogP) is 3.61. The van der Waals surface area contributed by atoms with Crippen LogP contribution in [0.3, 0.4) is 0 Å². The molecule has 16 heavy (non-hydrogen) atoms. The van der Waals surface area contributed by atoms with Gasteiger partial charge in [0.2, 0.25) is 0 Å². The van der Waals surface area contributed by atoms with E-state index in [2.05, 4.69) is 5.32 Å². The Morgan fingerprint density at radius 2 is 2.12 bits per heavy atom. The van der Waals surface area contributed by atoms with Gasteiger partial charge in [0.05, 0.1) is 0 Å². The molecule has 0 aliphatic heterocycles. The van der Waals surface area contributed by atoms with Crippen molar-refractivity contribution in [2.24, 2.45) is 0 Å². The Morgan fingerprint density at radius 1 is 1.44 bits per heavy atom. The number of benzene rings is 1. The van der Waals surface area contributed by atoms with Crippen LogP contribution in [0.1, 0.15) is 25.3 Å². The first-order valence-electron chi connectivity index (χ1n) is 4.97. The summed E-state index contributed by atoms with van der Waals surface area (Å²) in [4.78, 5) is 11.3. The number of rotatable bonds is 3. The zero-order chi connectivity index (χ0) is 12.0. The molecule has 0 heterocycles. The summed E-state index contributed by atoms with van der Waals surface area (Å²) < 4.78 is 5.15. The van der Waals surface area contributed by atoms with Crippen LogP contribution < -0.4 is 10.1 Å². The molecule has 1 aromatic carbocycles. The molecule has 0 aliphatic carbocycles. The monoisotopic (exact) mass is 239 g/mol. The molecule has 86 valence electrons. The Balaban J connectivity index is 2.76. The number of carbonyl (C=O) groups is 1. The summed E-state index contributed by atoms with van der Waals surface area (Å²) in [5, 5.41) is 2.37. The highest BCUT2D eigenvalue weighted by Crippen LogP contribution is 2.25. The molecule has 0 spiro atoms. The van der Waals surface area contributed by atoms with Gasteiger partial charge in [-0.05, 0) is 17.5 Å². The Kier molecular flexibility index (Phi) is 4.86. The third-order valence-corrected chi connectivity index (χ3v) is 2.13. The molecule has 0 fully saturated rings. The molecule has 0 atom stereocenters. The number of para-hydroxylation sites is 1. The quantitative estimate of drug-likeness (QED) is 0.875. The molecular weight excluding hydrogens is 226 g/mol. The smallest absolute Gasteiger partial charge is 0.410 e. The van der Waals surface area contributed by atoms with Crippen LogP contribution in [0.4, 0.5) is 4.79 Å². The first-order valence-corrected chi connectivity index (χ1v) is 5.41. The number of amides is 1. The number of ether oxygens (including phenoxy) is 1. The molecule has 0 saturated heterocycles. The highest BCUT2D eigenvalue weighted by Gasteiger charge is 2.09. The van der Waals surface area contributed by atoms with Crippen LogP contribution in [-0.4, -0.2) is 6.09 Å². The zero-order valence-corrected chi connectivity index (χ0v) is 9.99. The van der Waals surface area contributed by atoms with Crippen LogP contribution in [0, 0.1) is 0 Å². The van der Waals surface area contributed by atoms with Crippen LogP contribution in [0.15, 0.2) is 36.0 Å². The summed E-state index contributed by atoms with van der Waals surface area (Å²) in [6.45, 7) is 4.08. The maximum absolute atomic E-state index is 11.3. The molecular formula is C12H14ClNO2. The standard InChI is InChI=1S/C12H14ClNO2/c1-9(2)10-5-3-4-6-11(10)16-12(15)14-8-7-13/h3-9H,1-2H3,(H,14,15). The second-order valence-electron chi connectivity index (χ2n) is 3.52. The lowest BCUT2D eigenvalue weighted by Gasteiger charge is -2.11. The van der Waals surface area contributed by atoms with E-state index in [0.717, 1.165) is 5.56 Å². The maximum Gasteiger partial charge on any atom is 0.416 e. The van der Waals surface area contributed by atoms with E-state index >= 15 is 0 Å². The molecule has 1 N–H and O–H groups in total. The van der Waals surface area contributed by atoms with Gasteiger partial charge in [-0.1, -0.05) is 43.6 Å². The van der Waals surface area contributed by atoms with Crippen molar-refractivity contribution in [2.75, 3.05) is 0 Å². The number of halogens is 1. The highest BCUT2D eigenvalue weighted by molar-refractivity contribution is 6.25. The van der Waals surface area contributed by atoms with Gasteiger partial charge in [-0.2, -0.15) is 0 Å². The normalized spacial score (nSPS) is 10.8. The number of carbonyl (C=O) groups excluding carboxylic acids is 1. The SMILES string of the molecule is CC(C)c1ccccc1OC(=O)NC=CCl. The van der Waals surface area contributed by atoms with Gasteiger partial charge in [-0.25, -0.2) is 4.79 Å². The van der Waals surface area contributed by atoms with Crippen molar-refractivity contribution in [1.82, 2.24) is 5.32 Å². The minimum Gasteiger partial charge on any atom is -0.410 e. The van der Waals surface area contributed by atoms with Crippen molar-refractivity contribution >= 4 is 17.7 Å². The third kappa shape index (κ3) is 3.59. The van der Waals surface area contributed by atoms with Crippen molar-refractivity contribution in [2.45, 2.75) is 19.8 Å². The first kappa shape index (κ1) is 12.6. The summed E-state index contributed by atoms with van der Waals surface area (Å²) in [6.07, 6.45) is 0.756. The van der Waals surface area contributed by atoms with Crippen LogP contribution in [0.5, 0.6) is 5.75 Å². The van der Waals surface area contributed by atoms with E-state index in [-0.39, 0.29) is 0 Å². The van der Waals surface area contributed by atoms with Crippen molar-refractivity contribution < 1.29 is 9.53 Å². The molecule has 0 radical (unpaired) electrons. The summed E-state index contributed by atoms with van der Waals surface area (Å²) in [7, 11) is 0. The molecule has 1 aromatic rings. The Bertz CT molecular complexity index is 388. The van der Waals surface area contributed by atoms with E-state index in [1.54, 1.807) is 6.07 Å². The summed E-state index contributed by atoms with van der Waals surface area (Å²) in [5.41, 5.74) is 2.20. The molecule has 0 aromatic heterocycles. The van der Waals surface area contributed by atoms with Gasteiger partial charge < -0.3 is 4.74 Å². The van der Waals surface area contributed by atoms with E-state index < -0.39 is 6.09 Å². The van der Waals surface area contributed by atoms with E-state index in [0.29, 0.717) is 11.7 Å². The molecule has 3 nitrogen and oxygen atoms in total. The van der Waals surface area contributed by atoms with Crippen LogP contribution in [0.25, 0.3) is 0 Å². The summed E-state index contributed by atoms with van der Waals surface area (Å²) in [5.74, 6) is 0.866. The maximum atomic E-state index is 11.3. The first-order chi connectivity index (χ1) is 7.65. The van der Waals surface area contributed by atoms with Crippen LogP contribution in [0.2, 0.25) is 0 Å². The van der Waals surface area contributed by atoms with E-state index in [9.17, 15) is 4.79 Å². The fraction of sp³-hybridized carbons (Fsp3) is 0.250. The second-order valence-corrected chi connectivity index (χ2v) is 3.77. The van der Waals surface area contributed by atoms with Gasteiger partial charge in [-0.15, -0.1) is 0 Å². The molecule has 1 amide bonds. The molecule has 0 bridgehead atoms. The van der Waals surface area contributed by atoms with Gasteiger partial charge >= 0.3 is 6.09 Å². The van der Waals surface area contributed by atoms with Crippen molar-refractivity contribution in [3.63, 3.8) is 0 Å². The minimum atomic E-state index is -0.551. The van der Waals surface area contributed by atoms with Gasteiger partial charge in [-0.3, -0.25) is 5.32 Å². The second kappa shape index (κ2) is 6.18. The number of hydrogen-bond donors (Lipinski definition) is 1. The molecule has 0 unspecified atom stereocenters. The predicted molar refractivity (Wildman–Crippen MR) is 64.7 cm³/mol. The van der Waals surface area contributed by atoms with E-state index in [1.165, 1.54) is 11.7 Å². The van der Waals surface area contributed by atoms with Crippen LogP contribution >= 0.6 is 11.6 Å². The van der Waals surface area contributed by atoms with E-state index in [1.807, 2.05) is 32.0 Å². The molecule has 4 heteroatoms. The van der Waals surface area contributed by atoms with E-state index in [4.69, 9.17) is 16.3 Å². The van der Waals surface area contributed by atoms with Gasteiger partial charge in [0.1, 0.15) is 5.75 Å². The average molecular weight is 240 g/mol. The lowest BCUT2D eigenvalue weighted by molar-refractivity contribution is 0.204. The fourth-order valence-corrected chi connectivity index (χ4v) is 1.34. The lowest BCUT2D eigenvalue weighted by Crippen LogP contribution is -2.21. The average Bonchev–Trinajstić information content (AvgIpc) is 2.27. The highest BCUT2D eigenvalue weighted by atomic mass is 35.5. The Labute approximate surface area is 100 Å². The van der Waals surface area contributed by atoms with Crippen molar-refractivity contribution in [3.05, 3.63) is 41.6 Å². The van der Waals surface area contributed by atoms with Crippen LogP contribution in [-0.2, 0) is 0 Å². The molecule has 0 aliphatic rings. The molecule has 0 saturated carbocycles. The van der Waals surface area contributed by atoms with Crippen molar-refractivity contribution in [1.29, 1.82) is 0 Å². The van der Waals surface area contributed by atoms with Gasteiger partial charge in [0, 0.05) is 11.7 Å². The van der Waals surface area contributed by atoms with Gasteiger partial charge in [0.15, 0.2) is 0 Å². The lowest BCUT2D eigenvalue weighted by atomic mass is 10.0. The summed E-state index contributed by atoms with van der Waals surface area (Å²) >= 11 is 5.28. The largest absolute Gasteiger partial charge is 0.416 e. The minimum absolute atomic E-state index is 0.299. The fourth-order valence-electron chi connectivity index (χ4n) is 1.28. The molecule has 1 rings (SSSR count). The van der Waals surface area contributed by atoms with Gasteiger partial charge in [0.25, 0.3) is 0 Å².